The van der Waals surface area contributed by atoms with E-state index in [1.54, 1.807) is 4.90 Å². The molecule has 0 saturated carbocycles. The van der Waals surface area contributed by atoms with Crippen LogP contribution in [0.5, 0.6) is 0 Å². The van der Waals surface area contributed by atoms with Crippen molar-refractivity contribution in [2.75, 3.05) is 17.3 Å². The Morgan fingerprint density at radius 3 is 2.61 bits per heavy atom. The van der Waals surface area contributed by atoms with Gasteiger partial charge in [0.15, 0.2) is 19.7 Å². The Balaban J connectivity index is 1.95. The molecule has 0 aromatic rings. The maximum Gasteiger partial charge on any atom is 0.174 e. The van der Waals surface area contributed by atoms with Gasteiger partial charge in [-0.2, -0.15) is 0 Å². The summed E-state index contributed by atoms with van der Waals surface area (Å²) in [6.07, 6.45) is 0.521. The Bertz CT molecular complexity index is 648. The van der Waals surface area contributed by atoms with E-state index >= 15 is 0 Å². The summed E-state index contributed by atoms with van der Waals surface area (Å²) >= 11 is 6.59. The van der Waals surface area contributed by atoms with E-state index in [0.29, 0.717) is 16.4 Å². The minimum atomic E-state index is -3.15. The van der Waals surface area contributed by atoms with E-state index < -0.39 is 19.7 Å². The summed E-state index contributed by atoms with van der Waals surface area (Å²) in [7, 11) is -6.15. The van der Waals surface area contributed by atoms with Crippen LogP contribution in [0.15, 0.2) is 11.1 Å². The second-order valence-corrected chi connectivity index (χ2v) is 10.6. The molecular weight excluding hydrogens is 314 g/mol. The number of nitrogens with zero attached hydrogens (tertiary/aromatic N) is 1. The summed E-state index contributed by atoms with van der Waals surface area (Å²) in [5, 5.41) is 1.11. The third-order valence-electron chi connectivity index (χ3n) is 3.31. The molecule has 0 aromatic carbocycles. The maximum absolute atomic E-state index is 11.6. The van der Waals surface area contributed by atoms with E-state index in [1.165, 1.54) is 17.2 Å². The molecule has 3 aliphatic heterocycles. The van der Waals surface area contributed by atoms with Crippen LogP contribution in [0.3, 0.4) is 0 Å². The topological polar surface area (TPSA) is 71.5 Å². The summed E-state index contributed by atoms with van der Waals surface area (Å²) < 4.78 is 46.7. The Morgan fingerprint density at radius 1 is 1.28 bits per heavy atom. The van der Waals surface area contributed by atoms with Gasteiger partial charge in [-0.15, -0.1) is 0 Å². The van der Waals surface area contributed by atoms with Gasteiger partial charge >= 0.3 is 0 Å². The standard InChI is InChI=1S/C9H11NO4S4/c11-17(12)2-1-6(3-17)10-7-4-18(13,14)5-8(7)16-9(10)15/h4,6,8H,1-3,5H2. The molecule has 3 rings (SSSR count). The van der Waals surface area contributed by atoms with Crippen molar-refractivity contribution in [3.05, 3.63) is 11.1 Å². The molecule has 2 fully saturated rings. The first-order chi connectivity index (χ1) is 8.27. The van der Waals surface area contributed by atoms with Gasteiger partial charge in [-0.25, -0.2) is 16.8 Å². The van der Waals surface area contributed by atoms with Crippen LogP contribution in [-0.2, 0) is 19.7 Å². The van der Waals surface area contributed by atoms with Crippen molar-refractivity contribution in [1.82, 2.24) is 4.90 Å². The fraction of sp³-hybridized carbons (Fsp3) is 0.667. The van der Waals surface area contributed by atoms with Gasteiger partial charge in [-0.1, -0.05) is 24.0 Å². The predicted molar refractivity (Wildman–Crippen MR) is 74.7 cm³/mol. The van der Waals surface area contributed by atoms with E-state index in [4.69, 9.17) is 12.2 Å². The van der Waals surface area contributed by atoms with Crippen molar-refractivity contribution in [1.29, 1.82) is 0 Å². The monoisotopic (exact) mass is 325 g/mol. The lowest BCUT2D eigenvalue weighted by molar-refractivity contribution is 0.418. The zero-order chi connectivity index (χ0) is 13.1. The lowest BCUT2D eigenvalue weighted by atomic mass is 10.2. The number of thiocarbonyl (C=S) groups is 1. The van der Waals surface area contributed by atoms with Gasteiger partial charge in [0.05, 0.1) is 34.0 Å². The molecule has 5 nitrogen and oxygen atoms in total. The van der Waals surface area contributed by atoms with Crippen LogP contribution >= 0.6 is 24.0 Å². The Kier molecular flexibility index (Phi) is 2.82. The third kappa shape index (κ3) is 2.10. The Labute approximate surface area is 115 Å². The maximum atomic E-state index is 11.6. The summed E-state index contributed by atoms with van der Waals surface area (Å²) in [6, 6.07) is -0.195. The van der Waals surface area contributed by atoms with Crippen LogP contribution in [0, 0.1) is 0 Å². The van der Waals surface area contributed by atoms with Crippen LogP contribution in [0.2, 0.25) is 0 Å². The van der Waals surface area contributed by atoms with Crippen molar-refractivity contribution in [2.24, 2.45) is 0 Å². The average Bonchev–Trinajstić information content (AvgIpc) is 2.75. The first-order valence-electron chi connectivity index (χ1n) is 5.42. The molecule has 3 aliphatic rings. The van der Waals surface area contributed by atoms with Crippen LogP contribution in [0.25, 0.3) is 0 Å². The van der Waals surface area contributed by atoms with Crippen LogP contribution < -0.4 is 0 Å². The van der Waals surface area contributed by atoms with Gasteiger partial charge in [0, 0.05) is 5.70 Å². The SMILES string of the molecule is O=S1(=O)C=C2C(C1)SC(=S)N2C1CCS(=O)(=O)C1. The van der Waals surface area contributed by atoms with Crippen molar-refractivity contribution in [2.45, 2.75) is 17.7 Å². The highest BCUT2D eigenvalue weighted by Gasteiger charge is 2.46. The average molecular weight is 325 g/mol. The molecule has 9 heteroatoms. The second kappa shape index (κ2) is 3.94. The molecule has 0 aliphatic carbocycles. The molecule has 18 heavy (non-hydrogen) atoms. The largest absolute Gasteiger partial charge is 0.325 e. The fourth-order valence-electron chi connectivity index (χ4n) is 2.53. The van der Waals surface area contributed by atoms with Crippen LogP contribution in [0.4, 0.5) is 0 Å². The van der Waals surface area contributed by atoms with Gasteiger partial charge in [-0.05, 0) is 6.42 Å². The van der Waals surface area contributed by atoms with E-state index in [0.717, 1.165) is 0 Å². The zero-order valence-corrected chi connectivity index (χ0v) is 12.5. The summed E-state index contributed by atoms with van der Waals surface area (Å²) in [5.41, 5.74) is 0.673. The van der Waals surface area contributed by atoms with E-state index in [1.807, 2.05) is 0 Å². The third-order valence-corrected chi connectivity index (χ3v) is 8.24. The molecule has 0 aromatic heterocycles. The molecular formula is C9H11NO4S4. The highest BCUT2D eigenvalue weighted by atomic mass is 32.2. The first-order valence-corrected chi connectivity index (χ1v) is 10.2. The Hall–Kier alpha value is -0.120. The molecule has 0 radical (unpaired) electrons. The molecule has 2 unspecified atom stereocenters. The fourth-order valence-corrected chi connectivity index (χ4v) is 8.01. The van der Waals surface area contributed by atoms with E-state index in [-0.39, 0.29) is 28.6 Å². The Morgan fingerprint density at radius 2 is 2.00 bits per heavy atom. The predicted octanol–water partition coefficient (Wildman–Crippen LogP) is 0.146. The molecule has 3 heterocycles. The molecule has 0 amide bonds. The smallest absolute Gasteiger partial charge is 0.174 e. The van der Waals surface area contributed by atoms with Gasteiger partial charge < -0.3 is 4.90 Å². The lowest BCUT2D eigenvalue weighted by Crippen LogP contribution is -2.35. The van der Waals surface area contributed by atoms with Crippen molar-refractivity contribution in [3.63, 3.8) is 0 Å². The van der Waals surface area contributed by atoms with Gasteiger partial charge in [-0.3, -0.25) is 0 Å². The van der Waals surface area contributed by atoms with Crippen molar-refractivity contribution in [3.8, 4) is 0 Å². The van der Waals surface area contributed by atoms with E-state index in [9.17, 15) is 16.8 Å². The number of rotatable bonds is 1. The molecule has 0 N–H and O–H groups in total. The molecule has 2 atom stereocenters. The highest BCUT2D eigenvalue weighted by molar-refractivity contribution is 8.24. The summed E-state index contributed by atoms with van der Waals surface area (Å²) in [5.74, 6) is 0.299. The second-order valence-electron chi connectivity index (χ2n) is 4.67. The number of hydrogen-bond donors (Lipinski definition) is 0. The molecule has 2 saturated heterocycles. The van der Waals surface area contributed by atoms with Gasteiger partial charge in [0.25, 0.3) is 0 Å². The molecule has 0 bridgehead atoms. The normalized spacial score (nSPS) is 36.8. The highest BCUT2D eigenvalue weighted by Crippen LogP contribution is 2.42. The molecule has 0 spiro atoms. The number of hydrogen-bond acceptors (Lipinski definition) is 6. The minimum absolute atomic E-state index is 0.0673. The molecule has 100 valence electrons. The summed E-state index contributed by atoms with van der Waals surface area (Å²) in [4.78, 5) is 1.75. The van der Waals surface area contributed by atoms with Gasteiger partial charge in [0.1, 0.15) is 4.32 Å². The minimum Gasteiger partial charge on any atom is -0.325 e. The van der Waals surface area contributed by atoms with Crippen LogP contribution in [0.1, 0.15) is 6.42 Å². The number of fused-ring (bicyclic) bond motifs is 1. The summed E-state index contributed by atoms with van der Waals surface area (Å²) in [6.45, 7) is 0. The zero-order valence-electron chi connectivity index (χ0n) is 9.27. The van der Waals surface area contributed by atoms with Gasteiger partial charge in [0.2, 0.25) is 0 Å². The lowest BCUT2D eigenvalue weighted by Gasteiger charge is -2.24. The van der Waals surface area contributed by atoms with E-state index in [2.05, 4.69) is 0 Å². The number of thioether (sulfide) groups is 1. The van der Waals surface area contributed by atoms with Crippen LogP contribution in [-0.4, -0.2) is 54.6 Å². The number of sulfone groups is 2. The van der Waals surface area contributed by atoms with Crippen molar-refractivity contribution < 1.29 is 16.8 Å². The first kappa shape index (κ1) is 12.9. The quantitative estimate of drug-likeness (QED) is 0.635. The van der Waals surface area contributed by atoms with Crippen molar-refractivity contribution >= 4 is 48.0 Å².